The van der Waals surface area contributed by atoms with E-state index in [4.69, 9.17) is 4.98 Å². The molecule has 3 aliphatic heterocycles. The summed E-state index contributed by atoms with van der Waals surface area (Å²) in [7, 11) is 0. The Morgan fingerprint density at radius 2 is 1.69 bits per heavy atom. The van der Waals surface area contributed by atoms with Crippen LogP contribution in [0, 0.1) is 5.41 Å². The second kappa shape index (κ2) is 8.62. The Hall–Kier alpha value is -4.79. The molecule has 0 saturated carbocycles. The van der Waals surface area contributed by atoms with Gasteiger partial charge in [-0.3, -0.25) is 29.0 Å². The number of anilines is 1. The number of carbonyl (C=O) groups is 3. The van der Waals surface area contributed by atoms with Gasteiger partial charge in [0, 0.05) is 25.7 Å². The Kier molecular flexibility index (Phi) is 5.16. The largest absolute Gasteiger partial charge is 0.347 e. The van der Waals surface area contributed by atoms with Crippen LogP contribution >= 0.6 is 0 Å². The van der Waals surface area contributed by atoms with Gasteiger partial charge in [0.25, 0.3) is 5.56 Å². The van der Waals surface area contributed by atoms with Crippen molar-refractivity contribution in [1.29, 1.82) is 0 Å². The minimum absolute atomic E-state index is 0.111. The minimum atomic E-state index is -1.71. The Bertz CT molecular complexity index is 1730. The van der Waals surface area contributed by atoms with Gasteiger partial charge in [-0.15, -0.1) is 0 Å². The molecule has 2 aromatic heterocycles. The topological polar surface area (TPSA) is 104 Å². The Labute approximate surface area is 223 Å². The highest BCUT2D eigenvalue weighted by Gasteiger charge is 2.64. The van der Waals surface area contributed by atoms with E-state index in [-0.39, 0.29) is 18.5 Å². The lowest BCUT2D eigenvalue weighted by Gasteiger charge is -2.53. The first-order valence-electron chi connectivity index (χ1n) is 13.0. The van der Waals surface area contributed by atoms with Crippen molar-refractivity contribution < 1.29 is 14.4 Å². The van der Waals surface area contributed by atoms with Crippen molar-refractivity contribution in [3.8, 4) is 0 Å². The van der Waals surface area contributed by atoms with E-state index in [0.29, 0.717) is 36.4 Å². The van der Waals surface area contributed by atoms with Gasteiger partial charge in [0.2, 0.25) is 11.8 Å². The molecule has 1 N–H and O–H groups in total. The fourth-order valence-corrected chi connectivity index (χ4v) is 6.40. The average molecular weight is 520 g/mol. The molecule has 7 rings (SSSR count). The van der Waals surface area contributed by atoms with Crippen LogP contribution in [-0.4, -0.2) is 45.2 Å². The molecule has 3 aliphatic rings. The number of benzene rings is 2. The predicted octanol–water partition coefficient (Wildman–Crippen LogP) is 2.66. The molecule has 2 atom stereocenters. The molecule has 4 amide bonds. The summed E-state index contributed by atoms with van der Waals surface area (Å²) in [4.78, 5) is 63.1. The molecule has 0 bridgehead atoms. The lowest BCUT2D eigenvalue weighted by atomic mass is 9.65. The molecule has 4 aromatic rings. The molecule has 194 valence electrons. The van der Waals surface area contributed by atoms with E-state index in [0.717, 1.165) is 21.6 Å². The van der Waals surface area contributed by atoms with E-state index in [2.05, 4.69) is 5.32 Å². The predicted molar refractivity (Wildman–Crippen MR) is 143 cm³/mol. The van der Waals surface area contributed by atoms with Gasteiger partial charge in [-0.05, 0) is 41.7 Å². The third kappa shape index (κ3) is 3.35. The Morgan fingerprint density at radius 1 is 0.923 bits per heavy atom. The molecular formula is C30H25N5O4. The number of barbiturate groups is 1. The smallest absolute Gasteiger partial charge is 0.330 e. The van der Waals surface area contributed by atoms with Crippen molar-refractivity contribution in [1.82, 2.24) is 19.6 Å². The third-order valence-electron chi connectivity index (χ3n) is 8.25. The third-order valence-corrected chi connectivity index (χ3v) is 8.25. The summed E-state index contributed by atoms with van der Waals surface area (Å²) >= 11 is 0. The number of carbonyl (C=O) groups excluding carboxylic acids is 3. The SMILES string of the molecule is O=C1NC(=O)[C@@]2(Cc3c(nc4ccccn4c3=O)N3CCc4ccccc4[C@H]32)C(=O)N1CCc1ccccc1. The monoisotopic (exact) mass is 519 g/mol. The fraction of sp³-hybridized carbons (Fsp3) is 0.233. The van der Waals surface area contributed by atoms with E-state index >= 15 is 0 Å². The van der Waals surface area contributed by atoms with Crippen LogP contribution in [-0.2, 0) is 28.9 Å². The highest BCUT2D eigenvalue weighted by molar-refractivity contribution is 6.20. The molecule has 0 radical (unpaired) electrons. The number of hydrogen-bond acceptors (Lipinski definition) is 6. The molecule has 0 aliphatic carbocycles. The zero-order chi connectivity index (χ0) is 26.7. The summed E-state index contributed by atoms with van der Waals surface area (Å²) in [5.74, 6) is -0.768. The number of rotatable bonds is 3. The summed E-state index contributed by atoms with van der Waals surface area (Å²) in [6, 6.07) is 21.2. The lowest BCUT2D eigenvalue weighted by molar-refractivity contribution is -0.154. The maximum atomic E-state index is 14.5. The maximum absolute atomic E-state index is 14.5. The first-order chi connectivity index (χ1) is 19.0. The zero-order valence-electron chi connectivity index (χ0n) is 21.0. The zero-order valence-corrected chi connectivity index (χ0v) is 21.0. The molecule has 1 spiro atoms. The number of nitrogens with zero attached hydrogens (tertiary/aromatic N) is 4. The fourth-order valence-electron chi connectivity index (χ4n) is 6.40. The van der Waals surface area contributed by atoms with Gasteiger partial charge < -0.3 is 4.90 Å². The standard InChI is InChI=1S/C30H25N5O4/c36-26-22-18-30(27(37)32-29(39)35(28(30)38)16-13-19-8-2-1-3-9-19)24-21-11-5-4-10-20(21)14-17-34(24)25(22)31-23-12-6-7-15-33(23)26/h1-12,15,24H,13-14,16-18H2,(H,32,37,39)/t24-,30-/m0/s1. The summed E-state index contributed by atoms with van der Waals surface area (Å²) in [6.07, 6.45) is 2.60. The molecule has 9 heteroatoms. The summed E-state index contributed by atoms with van der Waals surface area (Å²) < 4.78 is 1.44. The van der Waals surface area contributed by atoms with E-state index in [1.807, 2.05) is 65.6 Å². The number of fused-ring (bicyclic) bond motifs is 7. The molecule has 9 nitrogen and oxygen atoms in total. The minimum Gasteiger partial charge on any atom is -0.347 e. The molecule has 2 aromatic carbocycles. The van der Waals surface area contributed by atoms with E-state index in [9.17, 15) is 19.2 Å². The number of aromatic nitrogens is 2. The Balaban J connectivity index is 1.42. The summed E-state index contributed by atoms with van der Waals surface area (Å²) in [5, 5.41) is 2.48. The highest BCUT2D eigenvalue weighted by Crippen LogP contribution is 2.52. The number of urea groups is 1. The van der Waals surface area contributed by atoms with Crippen molar-refractivity contribution in [2.24, 2.45) is 5.41 Å². The van der Waals surface area contributed by atoms with Gasteiger partial charge in [0.1, 0.15) is 11.5 Å². The van der Waals surface area contributed by atoms with Crippen molar-refractivity contribution in [3.63, 3.8) is 0 Å². The van der Waals surface area contributed by atoms with Crippen molar-refractivity contribution in [3.05, 3.63) is 112 Å². The van der Waals surface area contributed by atoms with Crippen LogP contribution in [0.4, 0.5) is 10.6 Å². The molecule has 1 fully saturated rings. The number of nitrogens with one attached hydrogen (secondary N) is 1. The van der Waals surface area contributed by atoms with Gasteiger partial charge in [-0.2, -0.15) is 0 Å². The van der Waals surface area contributed by atoms with E-state index in [1.165, 1.54) is 4.40 Å². The van der Waals surface area contributed by atoms with Crippen LogP contribution in [0.2, 0.25) is 0 Å². The highest BCUT2D eigenvalue weighted by atomic mass is 16.2. The molecule has 1 saturated heterocycles. The second-order valence-corrected chi connectivity index (χ2v) is 10.3. The van der Waals surface area contributed by atoms with Gasteiger partial charge in [0.05, 0.1) is 11.6 Å². The molecule has 5 heterocycles. The van der Waals surface area contributed by atoms with Crippen LogP contribution in [0.1, 0.15) is 28.3 Å². The quantitative estimate of drug-likeness (QED) is 0.418. The first-order valence-corrected chi connectivity index (χ1v) is 13.0. The molecule has 0 unspecified atom stereocenters. The van der Waals surface area contributed by atoms with Crippen LogP contribution in [0.3, 0.4) is 0 Å². The number of amides is 4. The van der Waals surface area contributed by atoms with Crippen LogP contribution in [0.5, 0.6) is 0 Å². The maximum Gasteiger partial charge on any atom is 0.330 e. The normalized spacial score (nSPS) is 21.9. The average Bonchev–Trinajstić information content (AvgIpc) is 2.96. The summed E-state index contributed by atoms with van der Waals surface area (Å²) in [6.45, 7) is 0.588. The lowest BCUT2D eigenvalue weighted by Crippen LogP contribution is -2.70. The van der Waals surface area contributed by atoms with E-state index in [1.54, 1.807) is 18.3 Å². The van der Waals surface area contributed by atoms with Crippen LogP contribution < -0.4 is 15.8 Å². The van der Waals surface area contributed by atoms with Gasteiger partial charge in [-0.25, -0.2) is 9.78 Å². The van der Waals surface area contributed by atoms with Crippen molar-refractivity contribution in [2.75, 3.05) is 18.0 Å². The van der Waals surface area contributed by atoms with Gasteiger partial charge in [-0.1, -0.05) is 60.7 Å². The van der Waals surface area contributed by atoms with Crippen LogP contribution in [0.15, 0.2) is 83.8 Å². The first kappa shape index (κ1) is 23.3. The number of hydrogen-bond donors (Lipinski definition) is 1. The van der Waals surface area contributed by atoms with E-state index < -0.39 is 29.3 Å². The Morgan fingerprint density at radius 3 is 2.54 bits per heavy atom. The van der Waals surface area contributed by atoms with Crippen molar-refractivity contribution in [2.45, 2.75) is 25.3 Å². The number of imide groups is 2. The van der Waals surface area contributed by atoms with Crippen LogP contribution in [0.25, 0.3) is 5.65 Å². The van der Waals surface area contributed by atoms with Crippen molar-refractivity contribution >= 4 is 29.3 Å². The molecule has 39 heavy (non-hydrogen) atoms. The second-order valence-electron chi connectivity index (χ2n) is 10.3. The number of pyridine rings is 1. The summed E-state index contributed by atoms with van der Waals surface area (Å²) in [5.41, 5.74) is 1.61. The van der Waals surface area contributed by atoms with Gasteiger partial charge >= 0.3 is 6.03 Å². The molecular weight excluding hydrogens is 494 g/mol. The van der Waals surface area contributed by atoms with Gasteiger partial charge in [0.15, 0.2) is 5.41 Å².